The molecule has 49 heavy (non-hydrogen) atoms. The summed E-state index contributed by atoms with van der Waals surface area (Å²) in [5, 5.41) is 17.5. The van der Waals surface area contributed by atoms with Crippen molar-refractivity contribution >= 4 is 10.9 Å². The molecule has 1 saturated heterocycles. The maximum Gasteiger partial charge on any atom is 0.416 e. The van der Waals surface area contributed by atoms with Gasteiger partial charge in [-0.1, -0.05) is 42.5 Å². The number of rotatable bonds is 14. The van der Waals surface area contributed by atoms with Gasteiger partial charge in [-0.3, -0.25) is 4.90 Å². The molecule has 0 unspecified atom stereocenters. The van der Waals surface area contributed by atoms with E-state index in [0.29, 0.717) is 60.6 Å². The Bertz CT molecular complexity index is 1720. The SMILES string of the molecule is CCOc1cc2c(CNC3(c4ccccc4)CC3)c(CN3CCC(NCCO)CC3)c(-c3cccc(C(F)(F)F)c3)nc2cc1OC(C)C. The van der Waals surface area contributed by atoms with E-state index in [1.54, 1.807) is 6.07 Å². The molecule has 0 amide bonds. The van der Waals surface area contributed by atoms with Gasteiger partial charge < -0.3 is 25.2 Å². The minimum absolute atomic E-state index is 0.0951. The molecule has 3 N–H and O–H groups in total. The van der Waals surface area contributed by atoms with Crippen LogP contribution in [0.3, 0.4) is 0 Å². The molecule has 0 bridgehead atoms. The predicted molar refractivity (Wildman–Crippen MR) is 187 cm³/mol. The van der Waals surface area contributed by atoms with Crippen LogP contribution in [0, 0.1) is 0 Å². The Balaban J connectivity index is 1.51. The number of nitrogens with zero attached hydrogens (tertiary/aromatic N) is 2. The number of alkyl halides is 3. The maximum absolute atomic E-state index is 14.0. The first-order valence-electron chi connectivity index (χ1n) is 17.4. The highest BCUT2D eigenvalue weighted by Gasteiger charge is 2.44. The molecule has 0 spiro atoms. The molecule has 262 valence electrons. The molecule has 2 heterocycles. The van der Waals surface area contributed by atoms with Crippen LogP contribution in [-0.2, 0) is 24.8 Å². The van der Waals surface area contributed by atoms with E-state index in [1.807, 2.05) is 39.0 Å². The minimum atomic E-state index is -4.49. The third-order valence-corrected chi connectivity index (χ3v) is 9.59. The number of benzene rings is 3. The summed E-state index contributed by atoms with van der Waals surface area (Å²) in [4.78, 5) is 7.51. The first-order chi connectivity index (χ1) is 23.6. The number of likely N-dealkylation sites (tertiary alicyclic amines) is 1. The van der Waals surface area contributed by atoms with Crippen LogP contribution in [0.4, 0.5) is 13.2 Å². The number of aliphatic hydroxyl groups excluding tert-OH is 1. The highest BCUT2D eigenvalue weighted by Crippen LogP contribution is 2.46. The number of hydrogen-bond donors (Lipinski definition) is 3. The zero-order valence-corrected chi connectivity index (χ0v) is 28.6. The van der Waals surface area contributed by atoms with E-state index in [2.05, 4.69) is 39.8 Å². The van der Waals surface area contributed by atoms with Gasteiger partial charge in [0.1, 0.15) is 0 Å². The number of aromatic nitrogens is 1. The van der Waals surface area contributed by atoms with Crippen molar-refractivity contribution in [2.24, 2.45) is 0 Å². The monoisotopic (exact) mass is 676 g/mol. The van der Waals surface area contributed by atoms with Crippen LogP contribution in [-0.4, -0.2) is 60.0 Å². The Morgan fingerprint density at radius 2 is 1.73 bits per heavy atom. The Labute approximate surface area is 286 Å². The fourth-order valence-electron chi connectivity index (χ4n) is 6.94. The number of ether oxygens (including phenoxy) is 2. The number of fused-ring (bicyclic) bond motifs is 1. The van der Waals surface area contributed by atoms with Crippen molar-refractivity contribution in [1.29, 1.82) is 0 Å². The molecule has 1 aromatic heterocycles. The molecule has 7 nitrogen and oxygen atoms in total. The zero-order valence-electron chi connectivity index (χ0n) is 28.6. The van der Waals surface area contributed by atoms with Crippen LogP contribution in [0.25, 0.3) is 22.2 Å². The van der Waals surface area contributed by atoms with E-state index < -0.39 is 11.7 Å². The van der Waals surface area contributed by atoms with Gasteiger partial charge in [0.2, 0.25) is 0 Å². The van der Waals surface area contributed by atoms with Gasteiger partial charge in [0.25, 0.3) is 0 Å². The summed E-state index contributed by atoms with van der Waals surface area (Å²) in [7, 11) is 0. The van der Waals surface area contributed by atoms with Crippen molar-refractivity contribution in [3.8, 4) is 22.8 Å². The Kier molecular flexibility index (Phi) is 10.8. The van der Waals surface area contributed by atoms with Crippen molar-refractivity contribution in [3.63, 3.8) is 0 Å². The smallest absolute Gasteiger partial charge is 0.416 e. The molecule has 0 atom stereocenters. The van der Waals surface area contributed by atoms with E-state index in [1.165, 1.54) is 17.7 Å². The Morgan fingerprint density at radius 3 is 2.39 bits per heavy atom. The molecule has 2 aliphatic rings. The highest BCUT2D eigenvalue weighted by atomic mass is 19.4. The average Bonchev–Trinajstić information content (AvgIpc) is 3.89. The Hall–Kier alpha value is -3.70. The van der Waals surface area contributed by atoms with E-state index >= 15 is 0 Å². The van der Waals surface area contributed by atoms with Crippen molar-refractivity contribution in [1.82, 2.24) is 20.5 Å². The van der Waals surface area contributed by atoms with Gasteiger partial charge in [-0.05, 0) is 94.4 Å². The van der Waals surface area contributed by atoms with Crippen LogP contribution >= 0.6 is 0 Å². The molecule has 2 fully saturated rings. The Morgan fingerprint density at radius 1 is 0.980 bits per heavy atom. The fourth-order valence-corrected chi connectivity index (χ4v) is 6.94. The number of piperidine rings is 1. The molecule has 6 rings (SSSR count). The van der Waals surface area contributed by atoms with Crippen LogP contribution in [0.1, 0.15) is 68.7 Å². The number of nitrogens with one attached hydrogen (secondary N) is 2. The van der Waals surface area contributed by atoms with E-state index in [4.69, 9.17) is 14.5 Å². The van der Waals surface area contributed by atoms with Crippen LogP contribution in [0.15, 0.2) is 66.7 Å². The quantitative estimate of drug-likeness (QED) is 0.128. The molecule has 3 aromatic carbocycles. The standard InChI is InChI=1S/C39H47F3N4O3/c1-4-48-35-22-31-32(24-44-38(15-16-38)28-10-6-5-7-11-28)33(25-46-18-13-30(14-19-46)43-17-20-47)37(45-34(31)23-36(35)49-26(2)3)27-9-8-12-29(21-27)39(40,41)42/h5-12,21-23,26,30,43-44,47H,4,13-20,24-25H2,1-3H3. The molecule has 1 saturated carbocycles. The normalized spacial score (nSPS) is 16.7. The largest absolute Gasteiger partial charge is 0.490 e. The zero-order chi connectivity index (χ0) is 34.6. The van der Waals surface area contributed by atoms with Gasteiger partial charge in [-0.2, -0.15) is 13.2 Å². The van der Waals surface area contributed by atoms with Gasteiger partial charge in [-0.15, -0.1) is 0 Å². The number of halogens is 3. The lowest BCUT2D eigenvalue weighted by atomic mass is 9.93. The maximum atomic E-state index is 14.0. The van der Waals surface area contributed by atoms with E-state index in [-0.39, 0.29) is 18.2 Å². The summed E-state index contributed by atoms with van der Waals surface area (Å²) in [6.07, 6.45) is -0.777. The van der Waals surface area contributed by atoms with Crippen LogP contribution < -0.4 is 20.1 Å². The van der Waals surface area contributed by atoms with Crippen molar-refractivity contribution in [2.75, 3.05) is 32.8 Å². The van der Waals surface area contributed by atoms with Gasteiger partial charge in [-0.25, -0.2) is 4.98 Å². The van der Waals surface area contributed by atoms with Crippen molar-refractivity contribution < 1.29 is 27.8 Å². The topological polar surface area (TPSA) is 78.9 Å². The third kappa shape index (κ3) is 8.20. The average molecular weight is 677 g/mol. The molecule has 1 aliphatic heterocycles. The summed E-state index contributed by atoms with van der Waals surface area (Å²) in [5.74, 6) is 1.17. The second kappa shape index (κ2) is 15.0. The third-order valence-electron chi connectivity index (χ3n) is 9.59. The summed E-state index contributed by atoms with van der Waals surface area (Å²) in [6.45, 7) is 9.59. The molecule has 1 aliphatic carbocycles. The number of pyridine rings is 1. The number of hydrogen-bond acceptors (Lipinski definition) is 7. The summed E-state index contributed by atoms with van der Waals surface area (Å²) >= 11 is 0. The second-order valence-electron chi connectivity index (χ2n) is 13.4. The predicted octanol–water partition coefficient (Wildman–Crippen LogP) is 7.43. The highest BCUT2D eigenvalue weighted by molar-refractivity contribution is 5.90. The lowest BCUT2D eigenvalue weighted by Gasteiger charge is -2.33. The van der Waals surface area contributed by atoms with Crippen LogP contribution in [0.5, 0.6) is 11.5 Å². The van der Waals surface area contributed by atoms with Gasteiger partial charge in [0, 0.05) is 48.2 Å². The molecule has 4 aromatic rings. The molecular weight excluding hydrogens is 629 g/mol. The molecule has 10 heteroatoms. The first kappa shape index (κ1) is 35.1. The lowest BCUT2D eigenvalue weighted by Crippen LogP contribution is -2.43. The van der Waals surface area contributed by atoms with Gasteiger partial charge in [0.05, 0.1) is 36.1 Å². The minimum Gasteiger partial charge on any atom is -0.490 e. The summed E-state index contributed by atoms with van der Waals surface area (Å²) in [6, 6.07) is 20.1. The fraction of sp³-hybridized carbons (Fsp3) is 0.462. The second-order valence-corrected chi connectivity index (χ2v) is 13.4. The van der Waals surface area contributed by atoms with Gasteiger partial charge in [0.15, 0.2) is 11.5 Å². The molecular formula is C39H47F3N4O3. The van der Waals surface area contributed by atoms with Crippen molar-refractivity contribution in [3.05, 3.63) is 89.0 Å². The van der Waals surface area contributed by atoms with E-state index in [0.717, 1.165) is 61.4 Å². The first-order valence-corrected chi connectivity index (χ1v) is 17.4. The van der Waals surface area contributed by atoms with Crippen LogP contribution in [0.2, 0.25) is 0 Å². The summed E-state index contributed by atoms with van der Waals surface area (Å²) in [5.41, 5.74) is 3.88. The van der Waals surface area contributed by atoms with E-state index in [9.17, 15) is 18.3 Å². The summed E-state index contributed by atoms with van der Waals surface area (Å²) < 4.78 is 54.4. The van der Waals surface area contributed by atoms with Gasteiger partial charge >= 0.3 is 6.18 Å². The lowest BCUT2D eigenvalue weighted by molar-refractivity contribution is -0.137. The van der Waals surface area contributed by atoms with Crippen molar-refractivity contribution in [2.45, 2.75) is 83.4 Å². The molecule has 0 radical (unpaired) electrons. The number of aliphatic hydroxyl groups is 1.